The quantitative estimate of drug-likeness (QED) is 0.393. The summed E-state index contributed by atoms with van der Waals surface area (Å²) in [6.45, 7) is 6.06. The molecule has 2 aromatic carbocycles. The van der Waals surface area contributed by atoms with Crippen molar-refractivity contribution in [3.8, 4) is 0 Å². The van der Waals surface area contributed by atoms with Crippen molar-refractivity contribution in [2.45, 2.75) is 33.4 Å². The lowest BCUT2D eigenvalue weighted by molar-refractivity contribution is 0.0933. The summed E-state index contributed by atoms with van der Waals surface area (Å²) in [5.41, 5.74) is -0.0497. The highest BCUT2D eigenvalue weighted by Crippen LogP contribution is 2.25. The Morgan fingerprint density at radius 2 is 1.73 bits per heavy atom. The maximum atomic E-state index is 12.7. The normalized spacial score (nSPS) is 12.4. The van der Waals surface area contributed by atoms with Crippen molar-refractivity contribution in [2.24, 2.45) is 5.41 Å². The Hall–Kier alpha value is -3.19. The van der Waals surface area contributed by atoms with E-state index in [9.17, 15) is 14.4 Å². The summed E-state index contributed by atoms with van der Waals surface area (Å²) in [4.78, 5) is 41.0. The molecule has 0 fully saturated rings. The third kappa shape index (κ3) is 5.24. The Kier molecular flexibility index (Phi) is 6.22. The first-order valence-electron chi connectivity index (χ1n) is 9.47. The van der Waals surface area contributed by atoms with Crippen molar-refractivity contribution in [1.82, 2.24) is 10.3 Å². The van der Waals surface area contributed by atoms with Crippen LogP contribution in [0.25, 0.3) is 0 Å². The maximum Gasteiger partial charge on any atom is 0.253 e. The van der Waals surface area contributed by atoms with Crippen LogP contribution in [-0.2, 0) is 0 Å². The molecule has 1 aromatic heterocycles. The molecule has 1 unspecified atom stereocenters. The van der Waals surface area contributed by atoms with Gasteiger partial charge in [0.1, 0.15) is 11.4 Å². The first-order valence-corrected chi connectivity index (χ1v) is 9.85. The highest BCUT2D eigenvalue weighted by Gasteiger charge is 2.27. The summed E-state index contributed by atoms with van der Waals surface area (Å²) in [5.74, 6) is -0.311. The zero-order valence-electron chi connectivity index (χ0n) is 17.0. The van der Waals surface area contributed by atoms with E-state index in [1.807, 2.05) is 20.8 Å². The standard InChI is InChI=1S/C22H23ClN4O3/c1-22(2,3)11-16(27-21(30)13-6-8-14(23)9-7-13)26-18-17(19(28)20(18)29)25-15-5-4-10-24-12-15/h4-10,12,16,25-26H,11H2,1-3H3,(H,27,30). The van der Waals surface area contributed by atoms with Gasteiger partial charge in [0.25, 0.3) is 16.8 Å². The molecule has 0 spiro atoms. The van der Waals surface area contributed by atoms with Crippen LogP contribution in [0, 0.1) is 5.41 Å². The molecule has 156 valence electrons. The monoisotopic (exact) mass is 426 g/mol. The van der Waals surface area contributed by atoms with Gasteiger partial charge < -0.3 is 16.0 Å². The number of hydrogen-bond donors (Lipinski definition) is 3. The van der Waals surface area contributed by atoms with Crippen molar-refractivity contribution in [1.29, 1.82) is 0 Å². The Labute approximate surface area is 179 Å². The van der Waals surface area contributed by atoms with Gasteiger partial charge in [-0.05, 0) is 48.2 Å². The molecule has 1 heterocycles. The van der Waals surface area contributed by atoms with E-state index >= 15 is 0 Å². The molecule has 8 heteroatoms. The van der Waals surface area contributed by atoms with Gasteiger partial charge in [-0.3, -0.25) is 19.4 Å². The average molecular weight is 427 g/mol. The number of rotatable bonds is 7. The van der Waals surface area contributed by atoms with Crippen LogP contribution in [0.3, 0.4) is 0 Å². The fourth-order valence-corrected chi connectivity index (χ4v) is 3.12. The van der Waals surface area contributed by atoms with Gasteiger partial charge in [0, 0.05) is 16.8 Å². The third-order valence-electron chi connectivity index (χ3n) is 4.39. The molecule has 0 aliphatic rings. The predicted molar refractivity (Wildman–Crippen MR) is 119 cm³/mol. The number of carbonyl (C=O) groups is 1. The minimum absolute atomic E-state index is 0.148. The van der Waals surface area contributed by atoms with E-state index in [-0.39, 0.29) is 22.7 Å². The van der Waals surface area contributed by atoms with E-state index in [0.29, 0.717) is 22.7 Å². The average Bonchev–Trinajstić information content (AvgIpc) is 2.70. The van der Waals surface area contributed by atoms with Crippen molar-refractivity contribution < 1.29 is 4.79 Å². The number of nitrogens with one attached hydrogen (secondary N) is 3. The number of pyridine rings is 1. The van der Waals surface area contributed by atoms with Crippen LogP contribution in [0.2, 0.25) is 5.02 Å². The molecule has 0 radical (unpaired) electrons. The first kappa shape index (κ1) is 21.5. The van der Waals surface area contributed by atoms with Gasteiger partial charge in [-0.15, -0.1) is 0 Å². The fraction of sp³-hybridized carbons (Fsp3) is 0.273. The molecule has 0 aliphatic heterocycles. The molecule has 7 nitrogen and oxygen atoms in total. The first-order chi connectivity index (χ1) is 14.1. The fourth-order valence-electron chi connectivity index (χ4n) is 3.00. The van der Waals surface area contributed by atoms with Gasteiger partial charge in [0.05, 0.1) is 18.1 Å². The Bertz CT molecular complexity index is 1100. The zero-order valence-corrected chi connectivity index (χ0v) is 17.7. The molecule has 3 aromatic rings. The minimum atomic E-state index is -0.624. The lowest BCUT2D eigenvalue weighted by Gasteiger charge is -2.29. The Morgan fingerprint density at radius 3 is 2.33 bits per heavy atom. The molecular formula is C22H23ClN4O3. The molecule has 30 heavy (non-hydrogen) atoms. The second kappa shape index (κ2) is 8.67. The van der Waals surface area contributed by atoms with E-state index in [1.54, 1.807) is 48.8 Å². The number of carbonyl (C=O) groups excluding carboxylic acids is 1. The molecule has 0 bridgehead atoms. The number of hydrogen-bond acceptors (Lipinski definition) is 6. The summed E-state index contributed by atoms with van der Waals surface area (Å²) < 4.78 is 0. The van der Waals surface area contributed by atoms with Crippen LogP contribution >= 0.6 is 11.6 Å². The smallest absolute Gasteiger partial charge is 0.253 e. The minimum Gasteiger partial charge on any atom is -0.360 e. The zero-order chi connectivity index (χ0) is 21.9. The van der Waals surface area contributed by atoms with Gasteiger partial charge >= 0.3 is 0 Å². The maximum absolute atomic E-state index is 12.7. The van der Waals surface area contributed by atoms with Crippen LogP contribution < -0.4 is 26.8 Å². The van der Waals surface area contributed by atoms with Gasteiger partial charge in [-0.2, -0.15) is 0 Å². The number of nitrogens with zero attached hydrogens (tertiary/aromatic N) is 1. The number of amides is 1. The predicted octanol–water partition coefficient (Wildman–Crippen LogP) is 3.68. The van der Waals surface area contributed by atoms with Gasteiger partial charge in [-0.1, -0.05) is 32.4 Å². The molecule has 1 amide bonds. The summed E-state index contributed by atoms with van der Waals surface area (Å²) >= 11 is 5.89. The van der Waals surface area contributed by atoms with Gasteiger partial charge in [0.2, 0.25) is 0 Å². The van der Waals surface area contributed by atoms with E-state index in [2.05, 4.69) is 20.9 Å². The number of aromatic nitrogens is 1. The van der Waals surface area contributed by atoms with Crippen molar-refractivity contribution >= 4 is 34.6 Å². The number of benzene rings is 1. The van der Waals surface area contributed by atoms with Crippen LogP contribution in [0.4, 0.5) is 17.1 Å². The summed E-state index contributed by atoms with van der Waals surface area (Å²) in [6.07, 6.45) is 3.12. The second-order valence-electron chi connectivity index (χ2n) is 8.22. The van der Waals surface area contributed by atoms with Gasteiger partial charge in [-0.25, -0.2) is 0 Å². The highest BCUT2D eigenvalue weighted by molar-refractivity contribution is 6.30. The summed E-state index contributed by atoms with van der Waals surface area (Å²) in [5, 5.41) is 9.40. The molecule has 3 rings (SSSR count). The van der Waals surface area contributed by atoms with E-state index in [0.717, 1.165) is 0 Å². The molecule has 0 saturated heterocycles. The van der Waals surface area contributed by atoms with Gasteiger partial charge in [0.15, 0.2) is 0 Å². The molecule has 0 aliphatic carbocycles. The lowest BCUT2D eigenvalue weighted by atomic mass is 9.90. The van der Waals surface area contributed by atoms with Crippen LogP contribution in [0.15, 0.2) is 58.4 Å². The van der Waals surface area contributed by atoms with E-state index in [1.165, 1.54) is 0 Å². The van der Waals surface area contributed by atoms with Crippen LogP contribution in [-0.4, -0.2) is 17.1 Å². The van der Waals surface area contributed by atoms with E-state index in [4.69, 9.17) is 11.6 Å². The van der Waals surface area contributed by atoms with Crippen LogP contribution in [0.5, 0.6) is 0 Å². The summed E-state index contributed by atoms with van der Waals surface area (Å²) in [6, 6.07) is 9.97. The second-order valence-corrected chi connectivity index (χ2v) is 8.65. The molecule has 3 N–H and O–H groups in total. The number of halogens is 1. The molecular weight excluding hydrogens is 404 g/mol. The lowest BCUT2D eigenvalue weighted by Crippen LogP contribution is -2.47. The Balaban J connectivity index is 1.81. The Morgan fingerprint density at radius 1 is 1.07 bits per heavy atom. The van der Waals surface area contributed by atoms with Crippen molar-refractivity contribution in [3.05, 3.63) is 79.8 Å². The molecule has 0 saturated carbocycles. The van der Waals surface area contributed by atoms with Crippen LogP contribution in [0.1, 0.15) is 37.6 Å². The van der Waals surface area contributed by atoms with Crippen molar-refractivity contribution in [2.75, 3.05) is 10.6 Å². The topological polar surface area (TPSA) is 100 Å². The third-order valence-corrected chi connectivity index (χ3v) is 4.64. The SMILES string of the molecule is CC(C)(C)CC(NC(=O)c1ccc(Cl)cc1)Nc1c(Nc2cccnc2)c(=O)c1=O. The largest absolute Gasteiger partial charge is 0.360 e. The summed E-state index contributed by atoms with van der Waals surface area (Å²) in [7, 11) is 0. The highest BCUT2D eigenvalue weighted by atomic mass is 35.5. The van der Waals surface area contributed by atoms with Crippen molar-refractivity contribution in [3.63, 3.8) is 0 Å². The molecule has 1 atom stereocenters. The number of anilines is 3. The van der Waals surface area contributed by atoms with E-state index < -0.39 is 17.0 Å².